The van der Waals surface area contributed by atoms with Crippen molar-refractivity contribution in [3.8, 4) is 0 Å². The maximum absolute atomic E-state index is 13.6. The zero-order valence-electron chi connectivity index (χ0n) is 21.7. The summed E-state index contributed by atoms with van der Waals surface area (Å²) < 4.78 is 25.1. The average molecular weight is 495 g/mol. The molecule has 4 saturated carbocycles. The van der Waals surface area contributed by atoms with Gasteiger partial charge in [-0.15, -0.1) is 0 Å². The third-order valence-electron chi connectivity index (χ3n) is 11.4. The molecule has 0 bridgehead atoms. The van der Waals surface area contributed by atoms with Gasteiger partial charge in [0.05, 0.1) is 18.4 Å². The van der Waals surface area contributed by atoms with Gasteiger partial charge in [0.2, 0.25) is 10.0 Å². The zero-order chi connectivity index (χ0) is 24.5. The van der Waals surface area contributed by atoms with Crippen LogP contribution in [-0.4, -0.2) is 73.1 Å². The Kier molecular flexibility index (Phi) is 6.52. The van der Waals surface area contributed by atoms with Crippen LogP contribution in [0.1, 0.15) is 72.1 Å². The lowest BCUT2D eigenvalue weighted by Crippen LogP contribution is -2.53. The minimum Gasteiger partial charge on any atom is -0.390 e. The van der Waals surface area contributed by atoms with E-state index in [0.29, 0.717) is 56.3 Å². The Hall–Kier alpha value is -0.500. The first-order valence-corrected chi connectivity index (χ1v) is 15.7. The molecule has 0 aromatic heterocycles. The van der Waals surface area contributed by atoms with Gasteiger partial charge in [-0.2, -0.15) is 4.31 Å². The van der Waals surface area contributed by atoms with Crippen LogP contribution in [-0.2, 0) is 14.8 Å². The van der Waals surface area contributed by atoms with Gasteiger partial charge in [-0.3, -0.25) is 9.69 Å². The van der Waals surface area contributed by atoms with Crippen molar-refractivity contribution in [3.05, 3.63) is 0 Å². The third kappa shape index (κ3) is 4.31. The molecule has 1 heterocycles. The molecule has 5 fully saturated rings. The molecule has 6 nitrogen and oxygen atoms in total. The molecule has 5 rings (SSSR count). The van der Waals surface area contributed by atoms with Crippen LogP contribution in [0, 0.1) is 46.8 Å². The number of rotatable bonds is 4. The van der Waals surface area contributed by atoms with Crippen molar-refractivity contribution in [2.75, 3.05) is 39.0 Å². The number of hydrogen-bond acceptors (Lipinski definition) is 5. The van der Waals surface area contributed by atoms with Crippen LogP contribution >= 0.6 is 0 Å². The monoisotopic (exact) mass is 494 g/mol. The van der Waals surface area contributed by atoms with Crippen molar-refractivity contribution >= 4 is 15.8 Å². The van der Waals surface area contributed by atoms with E-state index in [1.165, 1.54) is 49.1 Å². The molecule has 5 aliphatic rings. The molecule has 1 saturated heterocycles. The zero-order valence-corrected chi connectivity index (χ0v) is 22.5. The molecule has 34 heavy (non-hydrogen) atoms. The van der Waals surface area contributed by atoms with Crippen LogP contribution in [0.3, 0.4) is 0 Å². The van der Waals surface area contributed by atoms with Gasteiger partial charge < -0.3 is 5.11 Å². The predicted octanol–water partition coefficient (Wildman–Crippen LogP) is 3.40. The predicted molar refractivity (Wildman–Crippen MR) is 134 cm³/mol. The molecule has 0 aromatic carbocycles. The van der Waals surface area contributed by atoms with E-state index < -0.39 is 15.6 Å². The lowest BCUT2D eigenvalue weighted by Gasteiger charge is -2.58. The summed E-state index contributed by atoms with van der Waals surface area (Å²) in [5.41, 5.74) is -0.375. The minimum absolute atomic E-state index is 0.130. The summed E-state index contributed by atoms with van der Waals surface area (Å²) >= 11 is 0. The number of carbonyl (C=O) groups is 1. The highest BCUT2D eigenvalue weighted by atomic mass is 32.2. The summed E-state index contributed by atoms with van der Waals surface area (Å²) in [6, 6.07) is 0. The number of aliphatic hydroxyl groups is 1. The summed E-state index contributed by atoms with van der Waals surface area (Å²) in [6.45, 7) is 9.49. The first-order chi connectivity index (χ1) is 15.9. The van der Waals surface area contributed by atoms with Gasteiger partial charge in [0.1, 0.15) is 5.78 Å². The van der Waals surface area contributed by atoms with Crippen molar-refractivity contribution < 1.29 is 18.3 Å². The smallest absolute Gasteiger partial charge is 0.211 e. The molecule has 194 valence electrons. The Labute approximate surface area is 206 Å². The van der Waals surface area contributed by atoms with E-state index in [2.05, 4.69) is 18.7 Å². The van der Waals surface area contributed by atoms with Crippen molar-refractivity contribution in [1.82, 2.24) is 9.21 Å². The Morgan fingerprint density at radius 3 is 2.35 bits per heavy atom. The largest absolute Gasteiger partial charge is 0.390 e. The van der Waals surface area contributed by atoms with Crippen molar-refractivity contribution in [1.29, 1.82) is 0 Å². The molecule has 4 aliphatic carbocycles. The van der Waals surface area contributed by atoms with Gasteiger partial charge in [0.25, 0.3) is 0 Å². The molecule has 0 radical (unpaired) electrons. The Morgan fingerprint density at radius 2 is 1.68 bits per heavy atom. The van der Waals surface area contributed by atoms with Crippen LogP contribution < -0.4 is 0 Å². The molecule has 0 amide bonds. The number of ketones is 1. The fourth-order valence-corrected chi connectivity index (χ4v) is 10.2. The molecule has 0 spiro atoms. The normalized spacial score (nSPS) is 48.1. The topological polar surface area (TPSA) is 77.9 Å². The number of Topliss-reactive ketones (excluding diaryl/α,β-unsaturated/α-hetero) is 1. The van der Waals surface area contributed by atoms with Crippen LogP contribution in [0.15, 0.2) is 0 Å². The molecule has 7 heteroatoms. The Bertz CT molecular complexity index is 896. The number of carbonyl (C=O) groups excluding carboxylic acids is 1. The number of fused-ring (bicyclic) bond motifs is 5. The van der Waals surface area contributed by atoms with Gasteiger partial charge in [0, 0.05) is 32.1 Å². The highest BCUT2D eigenvalue weighted by Gasteiger charge is 2.59. The van der Waals surface area contributed by atoms with Crippen molar-refractivity contribution in [2.24, 2.45) is 46.8 Å². The van der Waals surface area contributed by atoms with Crippen LogP contribution in [0.5, 0.6) is 0 Å². The van der Waals surface area contributed by atoms with E-state index >= 15 is 0 Å². The lowest BCUT2D eigenvalue weighted by molar-refractivity contribution is -0.137. The SMILES string of the molecule is C[C@H]1C[C@H]2[C@@H](CC[C@@H]3[C@@H]2CC[C@]2(C)[C@@H](C(=O)CN4CCN(S(C)(=O)=O)CC4)CC[C@@H]32)C[C@]1(C)O. The van der Waals surface area contributed by atoms with Crippen LogP contribution in [0.4, 0.5) is 0 Å². The second-order valence-electron chi connectivity index (χ2n) is 13.2. The van der Waals surface area contributed by atoms with E-state index in [1.54, 1.807) is 0 Å². The van der Waals surface area contributed by atoms with Crippen molar-refractivity contribution in [2.45, 2.75) is 77.7 Å². The summed E-state index contributed by atoms with van der Waals surface area (Å²) in [4.78, 5) is 15.7. The fraction of sp³-hybridized carbons (Fsp3) is 0.963. The van der Waals surface area contributed by atoms with Gasteiger partial charge >= 0.3 is 0 Å². The van der Waals surface area contributed by atoms with Gasteiger partial charge in [-0.05, 0) is 99.2 Å². The Balaban J connectivity index is 1.23. The first kappa shape index (κ1) is 25.2. The average Bonchev–Trinajstić information content (AvgIpc) is 3.11. The second-order valence-corrected chi connectivity index (χ2v) is 15.2. The number of sulfonamides is 1. The summed E-state index contributed by atoms with van der Waals surface area (Å²) in [5.74, 6) is 4.59. The molecular formula is C27H46N2O4S. The standard InChI is InChI=1S/C27H46N2O4S/c1-18-15-22-19(16-27(18,3)31)5-6-21-20(22)9-10-26(2)23(21)7-8-24(26)25(30)17-28-11-13-29(14-12-28)34(4,32)33/h18-24,31H,5-17H2,1-4H3/t18-,19-,20-,21+,22-,23-,24+,26-,27-/m0/s1. The van der Waals surface area contributed by atoms with E-state index in [9.17, 15) is 18.3 Å². The number of hydrogen-bond donors (Lipinski definition) is 1. The van der Waals surface area contributed by atoms with E-state index in [-0.39, 0.29) is 11.3 Å². The number of nitrogens with zero attached hydrogens (tertiary/aromatic N) is 2. The van der Waals surface area contributed by atoms with E-state index in [4.69, 9.17) is 0 Å². The van der Waals surface area contributed by atoms with Crippen LogP contribution in [0.2, 0.25) is 0 Å². The Morgan fingerprint density at radius 1 is 0.971 bits per heavy atom. The maximum atomic E-state index is 13.6. The first-order valence-electron chi connectivity index (χ1n) is 13.8. The quantitative estimate of drug-likeness (QED) is 0.648. The van der Waals surface area contributed by atoms with Crippen molar-refractivity contribution in [3.63, 3.8) is 0 Å². The van der Waals surface area contributed by atoms with E-state index in [1.807, 2.05) is 6.92 Å². The molecule has 0 unspecified atom stereocenters. The molecular weight excluding hydrogens is 448 g/mol. The highest BCUT2D eigenvalue weighted by Crippen LogP contribution is 2.65. The third-order valence-corrected chi connectivity index (χ3v) is 12.8. The maximum Gasteiger partial charge on any atom is 0.211 e. The van der Waals surface area contributed by atoms with Gasteiger partial charge in [-0.25, -0.2) is 8.42 Å². The molecule has 1 aliphatic heterocycles. The molecule has 9 atom stereocenters. The summed E-state index contributed by atoms with van der Waals surface area (Å²) in [6.07, 6.45) is 10.6. The fourth-order valence-electron chi connectivity index (χ4n) is 9.33. The minimum atomic E-state index is -3.14. The molecule has 1 N–H and O–H groups in total. The highest BCUT2D eigenvalue weighted by molar-refractivity contribution is 7.88. The lowest BCUT2D eigenvalue weighted by atomic mass is 9.48. The van der Waals surface area contributed by atoms with Gasteiger partial charge in [-0.1, -0.05) is 13.8 Å². The number of piperazine rings is 1. The summed E-state index contributed by atoms with van der Waals surface area (Å²) in [5, 5.41) is 10.9. The summed E-state index contributed by atoms with van der Waals surface area (Å²) in [7, 11) is -3.14. The second kappa shape index (κ2) is 8.81. The molecule has 0 aromatic rings. The van der Waals surface area contributed by atoms with Gasteiger partial charge in [0.15, 0.2) is 0 Å². The van der Waals surface area contributed by atoms with Crippen LogP contribution in [0.25, 0.3) is 0 Å². The van der Waals surface area contributed by atoms with E-state index in [0.717, 1.165) is 30.6 Å².